The number of amides is 1. The Morgan fingerprint density at radius 1 is 1.43 bits per heavy atom. The Bertz CT molecular complexity index is 733. The zero-order valence-corrected chi connectivity index (χ0v) is 12.0. The molecular weight excluding hydrogens is 306 g/mol. The first kappa shape index (κ1) is 14.0. The number of ether oxygens (including phenoxy) is 2. The summed E-state index contributed by atoms with van der Waals surface area (Å²) in [6.07, 6.45) is 1.32. The van der Waals surface area contributed by atoms with Crippen molar-refractivity contribution in [1.29, 1.82) is 0 Å². The van der Waals surface area contributed by atoms with E-state index in [1.54, 1.807) is 0 Å². The van der Waals surface area contributed by atoms with Gasteiger partial charge in [0.15, 0.2) is 6.10 Å². The highest BCUT2D eigenvalue weighted by Crippen LogP contribution is 2.50. The van der Waals surface area contributed by atoms with Gasteiger partial charge in [0.25, 0.3) is 5.91 Å². The summed E-state index contributed by atoms with van der Waals surface area (Å²) in [5.74, 6) is -3.43. The molecular formula is C15H13NO7. The minimum atomic E-state index is -1.68. The van der Waals surface area contributed by atoms with Crippen LogP contribution in [0.15, 0.2) is 34.6 Å². The minimum Gasteiger partial charge on any atom is -0.457 e. The predicted molar refractivity (Wildman–Crippen MR) is 71.6 cm³/mol. The van der Waals surface area contributed by atoms with Gasteiger partial charge in [0.1, 0.15) is 11.9 Å². The highest BCUT2D eigenvalue weighted by molar-refractivity contribution is 6.00. The molecule has 3 aliphatic rings. The molecule has 1 aliphatic carbocycles. The molecule has 1 saturated carbocycles. The molecule has 1 saturated heterocycles. The van der Waals surface area contributed by atoms with E-state index in [4.69, 9.17) is 13.9 Å². The largest absolute Gasteiger partial charge is 0.457 e. The molecule has 0 unspecified atom stereocenters. The van der Waals surface area contributed by atoms with E-state index in [0.717, 1.165) is 6.26 Å². The molecule has 23 heavy (non-hydrogen) atoms. The number of cyclic esters (lactones) is 1. The average molecular weight is 319 g/mol. The van der Waals surface area contributed by atoms with Gasteiger partial charge in [-0.1, -0.05) is 0 Å². The summed E-state index contributed by atoms with van der Waals surface area (Å²) in [5, 5.41) is 13.4. The van der Waals surface area contributed by atoms with E-state index in [1.807, 2.05) is 0 Å². The van der Waals surface area contributed by atoms with Gasteiger partial charge in [0.2, 0.25) is 5.76 Å². The van der Waals surface area contributed by atoms with Crippen LogP contribution >= 0.6 is 0 Å². The lowest BCUT2D eigenvalue weighted by atomic mass is 9.82. The Morgan fingerprint density at radius 3 is 2.91 bits per heavy atom. The van der Waals surface area contributed by atoms with Crippen LogP contribution in [0.1, 0.15) is 17.5 Å². The van der Waals surface area contributed by atoms with Crippen LogP contribution in [0.3, 0.4) is 0 Å². The van der Waals surface area contributed by atoms with Crippen LogP contribution in [-0.4, -0.2) is 40.7 Å². The number of esters is 2. The second-order valence-electron chi connectivity index (χ2n) is 6.04. The fourth-order valence-corrected chi connectivity index (χ4v) is 3.70. The number of hydrogen-bond acceptors (Lipinski definition) is 7. The molecule has 0 bridgehead atoms. The van der Waals surface area contributed by atoms with Crippen LogP contribution < -0.4 is 5.32 Å². The van der Waals surface area contributed by atoms with Crippen molar-refractivity contribution in [2.45, 2.75) is 24.7 Å². The van der Waals surface area contributed by atoms with E-state index in [2.05, 4.69) is 5.32 Å². The smallest absolute Gasteiger partial charge is 0.374 e. The first-order valence-electron chi connectivity index (χ1n) is 7.09. The molecule has 2 N–H and O–H groups in total. The number of carbonyl (C=O) groups excluding carboxylic acids is 3. The van der Waals surface area contributed by atoms with Gasteiger partial charge in [0.05, 0.1) is 23.8 Å². The van der Waals surface area contributed by atoms with Crippen molar-refractivity contribution in [2.24, 2.45) is 11.8 Å². The van der Waals surface area contributed by atoms with Crippen LogP contribution in [0.4, 0.5) is 0 Å². The lowest BCUT2D eigenvalue weighted by molar-refractivity contribution is -0.158. The first-order valence-corrected chi connectivity index (χ1v) is 7.09. The topological polar surface area (TPSA) is 115 Å². The van der Waals surface area contributed by atoms with Gasteiger partial charge in [-0.2, -0.15) is 0 Å². The zero-order valence-electron chi connectivity index (χ0n) is 12.0. The Hall–Kier alpha value is -2.61. The molecule has 8 heteroatoms. The number of nitrogens with one attached hydrogen (secondary N) is 1. The fraction of sp³-hybridized carbons (Fsp3) is 0.400. The van der Waals surface area contributed by atoms with Gasteiger partial charge >= 0.3 is 11.9 Å². The first-order chi connectivity index (χ1) is 10.9. The quantitative estimate of drug-likeness (QED) is 0.722. The molecule has 0 spiro atoms. The molecule has 5 atom stereocenters. The Kier molecular flexibility index (Phi) is 2.71. The fourth-order valence-electron chi connectivity index (χ4n) is 3.70. The van der Waals surface area contributed by atoms with Gasteiger partial charge in [-0.15, -0.1) is 0 Å². The third-order valence-corrected chi connectivity index (χ3v) is 4.71. The lowest BCUT2D eigenvalue weighted by Crippen LogP contribution is -2.51. The molecule has 1 aromatic heterocycles. The van der Waals surface area contributed by atoms with Crippen molar-refractivity contribution in [3.63, 3.8) is 0 Å². The Balaban J connectivity index is 1.70. The van der Waals surface area contributed by atoms with Crippen LogP contribution in [0.5, 0.6) is 0 Å². The van der Waals surface area contributed by atoms with Crippen molar-refractivity contribution >= 4 is 17.8 Å². The van der Waals surface area contributed by atoms with Crippen molar-refractivity contribution in [3.05, 3.63) is 36.0 Å². The highest BCUT2D eigenvalue weighted by Gasteiger charge is 2.68. The zero-order chi connectivity index (χ0) is 16.4. The van der Waals surface area contributed by atoms with E-state index in [-0.39, 0.29) is 11.3 Å². The molecule has 120 valence electrons. The third kappa shape index (κ3) is 1.78. The van der Waals surface area contributed by atoms with E-state index in [0.29, 0.717) is 0 Å². The molecule has 4 rings (SSSR count). The molecule has 2 fully saturated rings. The molecule has 1 aromatic rings. The minimum absolute atomic E-state index is 0.0293. The van der Waals surface area contributed by atoms with Crippen LogP contribution in [0, 0.1) is 11.8 Å². The lowest BCUT2D eigenvalue weighted by Gasteiger charge is -2.32. The van der Waals surface area contributed by atoms with Gasteiger partial charge in [-0.25, -0.2) is 4.79 Å². The number of aliphatic hydroxyl groups is 1. The summed E-state index contributed by atoms with van der Waals surface area (Å²) >= 11 is 0. The standard InChI is InChI=1S/C15H13NO7/c1-15(20)9-8-6(5-22-14(9)19)12(17)16-10(8)11(15)23-13(18)7-3-2-4-21-7/h2-5,8-11,20H,1H3,(H,16,17)/t8-,9-,10+,11+,15-/m1/s1. The van der Waals surface area contributed by atoms with E-state index >= 15 is 0 Å². The molecule has 1 amide bonds. The summed E-state index contributed by atoms with van der Waals surface area (Å²) in [7, 11) is 0. The highest BCUT2D eigenvalue weighted by atomic mass is 16.6. The molecule has 2 aliphatic heterocycles. The van der Waals surface area contributed by atoms with Gasteiger partial charge in [0, 0.05) is 5.92 Å². The summed E-state index contributed by atoms with van der Waals surface area (Å²) < 4.78 is 15.2. The maximum absolute atomic E-state index is 12.1. The second-order valence-corrected chi connectivity index (χ2v) is 6.04. The maximum atomic E-state index is 12.1. The van der Waals surface area contributed by atoms with E-state index < -0.39 is 47.4 Å². The Morgan fingerprint density at radius 2 is 2.22 bits per heavy atom. The summed E-state index contributed by atoms with van der Waals surface area (Å²) in [6.45, 7) is 1.40. The molecule has 8 nitrogen and oxygen atoms in total. The van der Waals surface area contributed by atoms with E-state index in [9.17, 15) is 19.5 Å². The average Bonchev–Trinajstić information content (AvgIpc) is 3.16. The third-order valence-electron chi connectivity index (χ3n) is 4.71. The van der Waals surface area contributed by atoms with Crippen molar-refractivity contribution in [3.8, 4) is 0 Å². The monoisotopic (exact) mass is 319 g/mol. The molecule has 3 heterocycles. The van der Waals surface area contributed by atoms with Crippen LogP contribution in [0.25, 0.3) is 0 Å². The molecule has 0 radical (unpaired) electrons. The van der Waals surface area contributed by atoms with Gasteiger partial charge in [-0.3, -0.25) is 9.59 Å². The SMILES string of the molecule is C[C@]1(O)[C@@H](OC(=O)c2ccco2)[C@H]2NC(=O)C3=COC(=O)[C@H]1[C@@H]32. The predicted octanol–water partition coefficient (Wildman–Crippen LogP) is -0.259. The van der Waals surface area contributed by atoms with Crippen molar-refractivity contribution < 1.29 is 33.4 Å². The normalized spacial score (nSPS) is 37.7. The van der Waals surface area contributed by atoms with Gasteiger partial charge < -0.3 is 24.3 Å². The number of rotatable bonds is 2. The Labute approximate surface area is 130 Å². The van der Waals surface area contributed by atoms with Crippen molar-refractivity contribution in [1.82, 2.24) is 5.32 Å². The van der Waals surface area contributed by atoms with Gasteiger partial charge in [-0.05, 0) is 19.1 Å². The number of furan rings is 1. The second kappa shape index (κ2) is 4.45. The van der Waals surface area contributed by atoms with Crippen molar-refractivity contribution in [2.75, 3.05) is 0 Å². The number of hydrogen-bond donors (Lipinski definition) is 2. The van der Waals surface area contributed by atoms with E-state index in [1.165, 1.54) is 25.3 Å². The van der Waals surface area contributed by atoms with Crippen LogP contribution in [-0.2, 0) is 19.1 Å². The summed E-state index contributed by atoms with van der Waals surface area (Å²) in [5.41, 5.74) is -1.40. The number of carbonyl (C=O) groups is 3. The van der Waals surface area contributed by atoms with Crippen LogP contribution in [0.2, 0.25) is 0 Å². The summed E-state index contributed by atoms with van der Waals surface area (Å²) in [4.78, 5) is 36.1. The molecule has 0 aromatic carbocycles. The summed E-state index contributed by atoms with van der Waals surface area (Å²) in [6, 6.07) is 2.26. The maximum Gasteiger partial charge on any atom is 0.374 e.